The molecule has 0 spiro atoms. The van der Waals surface area contributed by atoms with Crippen LogP contribution in [0.5, 0.6) is 11.5 Å². The molecule has 0 saturated carbocycles. The Morgan fingerprint density at radius 3 is 2.27 bits per heavy atom. The van der Waals surface area contributed by atoms with E-state index in [4.69, 9.17) is 14.2 Å². The van der Waals surface area contributed by atoms with Crippen LogP contribution in [0.4, 0.5) is 10.5 Å². The maximum absolute atomic E-state index is 13.3. The van der Waals surface area contributed by atoms with E-state index in [9.17, 15) is 9.59 Å². The van der Waals surface area contributed by atoms with Crippen LogP contribution in [0.25, 0.3) is 0 Å². The van der Waals surface area contributed by atoms with Gasteiger partial charge < -0.3 is 24.4 Å². The van der Waals surface area contributed by atoms with Crippen LogP contribution in [0.1, 0.15) is 36.5 Å². The third-order valence-electron chi connectivity index (χ3n) is 6.02. The fourth-order valence-corrected chi connectivity index (χ4v) is 4.08. The van der Waals surface area contributed by atoms with Crippen molar-refractivity contribution >= 4 is 23.4 Å². The first-order chi connectivity index (χ1) is 18.0. The molecule has 0 radical (unpaired) electrons. The fourth-order valence-electron chi connectivity index (χ4n) is 4.08. The van der Waals surface area contributed by atoms with Crippen molar-refractivity contribution in [3.05, 3.63) is 89.5 Å². The lowest BCUT2D eigenvalue weighted by atomic mass is 10.00. The average Bonchev–Trinajstić information content (AvgIpc) is 3.06. The molecule has 3 aromatic rings. The van der Waals surface area contributed by atoms with Gasteiger partial charge in [-0.15, -0.1) is 0 Å². The molecule has 1 heterocycles. The van der Waals surface area contributed by atoms with Gasteiger partial charge in [0.05, 0.1) is 25.6 Å². The molecule has 3 aromatic carbocycles. The molecule has 1 N–H and O–H groups in total. The summed E-state index contributed by atoms with van der Waals surface area (Å²) in [5.41, 5.74) is 3.34. The zero-order valence-corrected chi connectivity index (χ0v) is 21.3. The molecular weight excluding hydrogens is 470 g/mol. The number of carbonyl (C=O) groups excluding carboxylic acids is 2. The van der Waals surface area contributed by atoms with E-state index in [0.29, 0.717) is 41.6 Å². The van der Waals surface area contributed by atoms with Crippen LogP contribution in [-0.4, -0.2) is 49.6 Å². The van der Waals surface area contributed by atoms with Gasteiger partial charge in [-0.3, -0.25) is 4.79 Å². The molecule has 0 unspecified atom stereocenters. The zero-order valence-electron chi connectivity index (χ0n) is 21.3. The number of amides is 2. The Hall–Kier alpha value is -4.33. The Labute approximate surface area is 216 Å². The number of ether oxygens (including phenoxy) is 3. The summed E-state index contributed by atoms with van der Waals surface area (Å²) in [7, 11) is 3.07. The van der Waals surface area contributed by atoms with E-state index in [1.54, 1.807) is 24.1 Å². The quantitative estimate of drug-likeness (QED) is 0.432. The summed E-state index contributed by atoms with van der Waals surface area (Å²) < 4.78 is 16.7. The molecule has 1 aliphatic rings. The second kappa shape index (κ2) is 12.1. The van der Waals surface area contributed by atoms with Crippen molar-refractivity contribution in [1.82, 2.24) is 4.90 Å². The van der Waals surface area contributed by atoms with Crippen LogP contribution >= 0.6 is 0 Å². The predicted molar refractivity (Wildman–Crippen MR) is 142 cm³/mol. The van der Waals surface area contributed by atoms with E-state index < -0.39 is 18.2 Å². The number of nitrogens with one attached hydrogen (secondary N) is 1. The highest BCUT2D eigenvalue weighted by Crippen LogP contribution is 2.36. The Bertz CT molecular complexity index is 1260. The van der Waals surface area contributed by atoms with Gasteiger partial charge in [-0.1, -0.05) is 74.0 Å². The average molecular weight is 502 g/mol. The van der Waals surface area contributed by atoms with Crippen molar-refractivity contribution in [2.75, 3.05) is 26.1 Å². The number of unbranched alkanes of at least 4 members (excludes halogenated alkanes) is 1. The van der Waals surface area contributed by atoms with Crippen molar-refractivity contribution in [2.24, 2.45) is 4.99 Å². The van der Waals surface area contributed by atoms with E-state index >= 15 is 0 Å². The van der Waals surface area contributed by atoms with E-state index in [0.717, 1.165) is 24.0 Å². The van der Waals surface area contributed by atoms with Crippen LogP contribution in [0, 0.1) is 0 Å². The molecule has 0 aromatic heterocycles. The molecule has 8 nitrogen and oxygen atoms in total. The molecule has 8 heteroatoms. The van der Waals surface area contributed by atoms with Crippen LogP contribution in [0.3, 0.4) is 0 Å². The van der Waals surface area contributed by atoms with Crippen molar-refractivity contribution in [3.63, 3.8) is 0 Å². The molecule has 1 atom stereocenters. The fraction of sp³-hybridized carbons (Fsp3) is 0.276. The summed E-state index contributed by atoms with van der Waals surface area (Å²) in [4.78, 5) is 32.8. The van der Waals surface area contributed by atoms with E-state index in [2.05, 4.69) is 17.2 Å². The van der Waals surface area contributed by atoms with E-state index in [1.165, 1.54) is 7.11 Å². The maximum Gasteiger partial charge on any atom is 0.412 e. The number of carbonyl (C=O) groups is 2. The van der Waals surface area contributed by atoms with Crippen molar-refractivity contribution in [3.8, 4) is 11.5 Å². The largest absolute Gasteiger partial charge is 0.493 e. The standard InChI is InChI=1S/C29H31N3O5/c1-4-5-16-32(19-20-12-8-6-9-13-20)29(34)37-28-27(33)30-23-18-25(36-3)24(35-2)17-22(23)26(31-28)21-14-10-7-11-15-21/h6-15,17-18,28H,4-5,16,19H2,1-3H3,(H,30,33)/t28-/m0/s1. The summed E-state index contributed by atoms with van der Waals surface area (Å²) in [6.07, 6.45) is -0.262. The van der Waals surface area contributed by atoms with Crippen LogP contribution < -0.4 is 14.8 Å². The van der Waals surface area contributed by atoms with Crippen molar-refractivity contribution in [1.29, 1.82) is 0 Å². The number of aliphatic imine (C=N–C) groups is 1. The number of fused-ring (bicyclic) bond motifs is 1. The normalized spacial score (nSPS) is 14.5. The van der Waals surface area contributed by atoms with Crippen LogP contribution in [0.2, 0.25) is 0 Å². The topological polar surface area (TPSA) is 89.5 Å². The van der Waals surface area contributed by atoms with E-state index in [-0.39, 0.29) is 0 Å². The smallest absolute Gasteiger partial charge is 0.412 e. The Morgan fingerprint density at radius 2 is 1.62 bits per heavy atom. The van der Waals surface area contributed by atoms with Crippen LogP contribution in [0.15, 0.2) is 77.8 Å². The third-order valence-corrected chi connectivity index (χ3v) is 6.02. The number of benzodiazepines with no additional fused rings is 1. The van der Waals surface area contributed by atoms with Gasteiger partial charge in [0.1, 0.15) is 0 Å². The molecule has 192 valence electrons. The minimum absolute atomic E-state index is 0.373. The molecular formula is C29H31N3O5. The summed E-state index contributed by atoms with van der Waals surface area (Å²) in [5, 5.41) is 2.85. The van der Waals surface area contributed by atoms with Crippen molar-refractivity contribution < 1.29 is 23.8 Å². The summed E-state index contributed by atoms with van der Waals surface area (Å²) in [6.45, 7) is 2.93. The lowest BCUT2D eigenvalue weighted by molar-refractivity contribution is -0.124. The van der Waals surface area contributed by atoms with Crippen molar-refractivity contribution in [2.45, 2.75) is 32.5 Å². The van der Waals surface area contributed by atoms with Gasteiger partial charge in [0.2, 0.25) is 0 Å². The SMILES string of the molecule is CCCCN(Cc1ccccc1)C(=O)O[C@@H]1N=C(c2ccccc2)c2cc(OC)c(OC)cc2NC1=O. The number of nitrogens with zero attached hydrogens (tertiary/aromatic N) is 2. The van der Waals surface area contributed by atoms with Gasteiger partial charge in [0, 0.05) is 30.3 Å². The molecule has 0 saturated heterocycles. The highest BCUT2D eigenvalue weighted by atomic mass is 16.6. The second-order valence-electron chi connectivity index (χ2n) is 8.58. The molecule has 4 rings (SSSR count). The number of hydrogen-bond acceptors (Lipinski definition) is 6. The summed E-state index contributed by atoms with van der Waals surface area (Å²) >= 11 is 0. The Kier molecular flexibility index (Phi) is 8.40. The minimum Gasteiger partial charge on any atom is -0.493 e. The molecule has 0 aliphatic carbocycles. The number of hydrogen-bond donors (Lipinski definition) is 1. The Balaban J connectivity index is 1.69. The first-order valence-corrected chi connectivity index (χ1v) is 12.2. The second-order valence-corrected chi connectivity index (χ2v) is 8.58. The molecule has 1 aliphatic heterocycles. The lowest BCUT2D eigenvalue weighted by Crippen LogP contribution is -2.38. The highest BCUT2D eigenvalue weighted by Gasteiger charge is 2.31. The number of methoxy groups -OCH3 is 2. The van der Waals surface area contributed by atoms with E-state index in [1.807, 2.05) is 60.7 Å². The molecule has 0 fully saturated rings. The third kappa shape index (κ3) is 6.09. The molecule has 2 amide bonds. The number of benzene rings is 3. The van der Waals surface area contributed by atoms with Gasteiger partial charge in [-0.05, 0) is 18.1 Å². The molecule has 37 heavy (non-hydrogen) atoms. The minimum atomic E-state index is -1.38. The highest BCUT2D eigenvalue weighted by molar-refractivity contribution is 6.20. The lowest BCUT2D eigenvalue weighted by Gasteiger charge is -2.24. The van der Waals surface area contributed by atoms with Crippen LogP contribution in [-0.2, 0) is 16.1 Å². The molecule has 0 bridgehead atoms. The number of rotatable bonds is 9. The summed E-state index contributed by atoms with van der Waals surface area (Å²) in [5.74, 6) is 0.393. The maximum atomic E-state index is 13.3. The predicted octanol–water partition coefficient (Wildman–Crippen LogP) is 5.26. The monoisotopic (exact) mass is 501 g/mol. The van der Waals surface area contributed by atoms with Gasteiger partial charge in [0.15, 0.2) is 11.5 Å². The van der Waals surface area contributed by atoms with Gasteiger partial charge in [-0.25, -0.2) is 9.79 Å². The van der Waals surface area contributed by atoms with Gasteiger partial charge in [-0.2, -0.15) is 0 Å². The number of anilines is 1. The van der Waals surface area contributed by atoms with Gasteiger partial charge in [0.25, 0.3) is 12.1 Å². The zero-order chi connectivity index (χ0) is 26.2. The Morgan fingerprint density at radius 1 is 0.973 bits per heavy atom. The first kappa shape index (κ1) is 25.8. The van der Waals surface area contributed by atoms with Gasteiger partial charge >= 0.3 is 6.09 Å². The summed E-state index contributed by atoms with van der Waals surface area (Å²) in [6, 6.07) is 22.5. The first-order valence-electron chi connectivity index (χ1n) is 12.2.